The molecule has 4 rings (SSSR count). The molecule has 1 amide bonds. The Morgan fingerprint density at radius 1 is 0.970 bits per heavy atom. The molecule has 4 aromatic rings. The zero-order valence-corrected chi connectivity index (χ0v) is 18.2. The molecule has 166 valence electrons. The van der Waals surface area contributed by atoms with E-state index in [9.17, 15) is 9.18 Å². The molecule has 1 heterocycles. The molecule has 3 aromatic carbocycles. The second-order valence-corrected chi connectivity index (χ2v) is 7.47. The number of nitrogens with zero attached hydrogens (tertiary/aromatic N) is 2. The number of amides is 1. The van der Waals surface area contributed by atoms with Crippen molar-refractivity contribution < 1.29 is 13.9 Å². The summed E-state index contributed by atoms with van der Waals surface area (Å²) in [6, 6.07) is 22.4. The highest BCUT2D eigenvalue weighted by molar-refractivity contribution is 5.95. The molecule has 2 N–H and O–H groups in total. The minimum Gasteiger partial charge on any atom is -0.497 e. The van der Waals surface area contributed by atoms with Gasteiger partial charge in [-0.2, -0.15) is 0 Å². The van der Waals surface area contributed by atoms with Crippen LogP contribution in [0, 0.1) is 5.82 Å². The first-order valence-electron chi connectivity index (χ1n) is 10.4. The maximum atomic E-state index is 13.2. The molecule has 7 heteroatoms. The van der Waals surface area contributed by atoms with Crippen molar-refractivity contribution in [1.82, 2.24) is 15.3 Å². The van der Waals surface area contributed by atoms with Gasteiger partial charge in [0.05, 0.1) is 18.8 Å². The molecule has 0 spiro atoms. The van der Waals surface area contributed by atoms with Gasteiger partial charge in [0.2, 0.25) is 0 Å². The SMILES string of the molecule is COc1cccc([C@@H](C)NC(=O)c2cccc(Nc3cc(-c4ccc(F)cc4)ncn3)c2)c1. The molecule has 0 aliphatic heterocycles. The van der Waals surface area contributed by atoms with Crippen LogP contribution >= 0.6 is 0 Å². The summed E-state index contributed by atoms with van der Waals surface area (Å²) in [4.78, 5) is 21.3. The van der Waals surface area contributed by atoms with E-state index in [4.69, 9.17) is 4.74 Å². The minimum atomic E-state index is -0.304. The van der Waals surface area contributed by atoms with Crippen LogP contribution in [0.5, 0.6) is 5.75 Å². The fourth-order valence-electron chi connectivity index (χ4n) is 3.36. The van der Waals surface area contributed by atoms with Crippen LogP contribution in [0.25, 0.3) is 11.3 Å². The van der Waals surface area contributed by atoms with E-state index in [2.05, 4.69) is 20.6 Å². The van der Waals surface area contributed by atoms with E-state index in [1.165, 1.54) is 18.5 Å². The number of ether oxygens (including phenoxy) is 1. The predicted octanol–water partition coefficient (Wildman–Crippen LogP) is 5.53. The lowest BCUT2D eigenvalue weighted by atomic mass is 10.1. The maximum absolute atomic E-state index is 13.2. The van der Waals surface area contributed by atoms with Gasteiger partial charge >= 0.3 is 0 Å². The lowest BCUT2D eigenvalue weighted by Gasteiger charge is -2.16. The molecule has 0 saturated heterocycles. The highest BCUT2D eigenvalue weighted by Gasteiger charge is 2.13. The molecular formula is C26H23FN4O2. The molecule has 1 aromatic heterocycles. The topological polar surface area (TPSA) is 76.1 Å². The number of rotatable bonds is 7. The second-order valence-electron chi connectivity index (χ2n) is 7.47. The lowest BCUT2D eigenvalue weighted by molar-refractivity contribution is 0.0940. The van der Waals surface area contributed by atoms with E-state index >= 15 is 0 Å². The summed E-state index contributed by atoms with van der Waals surface area (Å²) in [5.41, 5.74) is 3.62. The molecule has 0 aliphatic rings. The van der Waals surface area contributed by atoms with Gasteiger partial charge in [-0.05, 0) is 67.1 Å². The fraction of sp³-hybridized carbons (Fsp3) is 0.115. The molecule has 6 nitrogen and oxygen atoms in total. The van der Waals surface area contributed by atoms with Gasteiger partial charge in [-0.3, -0.25) is 4.79 Å². The Morgan fingerprint density at radius 3 is 2.55 bits per heavy atom. The van der Waals surface area contributed by atoms with Crippen molar-refractivity contribution >= 4 is 17.4 Å². The molecular weight excluding hydrogens is 419 g/mol. The lowest BCUT2D eigenvalue weighted by Crippen LogP contribution is -2.26. The molecule has 0 bridgehead atoms. The Morgan fingerprint density at radius 2 is 1.76 bits per heavy atom. The van der Waals surface area contributed by atoms with Crippen molar-refractivity contribution in [2.24, 2.45) is 0 Å². The van der Waals surface area contributed by atoms with Crippen molar-refractivity contribution in [1.29, 1.82) is 0 Å². The third kappa shape index (κ3) is 5.51. The summed E-state index contributed by atoms with van der Waals surface area (Å²) in [5, 5.41) is 6.21. The molecule has 0 fully saturated rings. The van der Waals surface area contributed by atoms with Crippen LogP contribution in [0.1, 0.15) is 28.9 Å². The summed E-state index contributed by atoms with van der Waals surface area (Å²) in [7, 11) is 1.61. The normalized spacial score (nSPS) is 11.5. The van der Waals surface area contributed by atoms with Gasteiger partial charge < -0.3 is 15.4 Å². The van der Waals surface area contributed by atoms with E-state index < -0.39 is 0 Å². The summed E-state index contributed by atoms with van der Waals surface area (Å²) in [6.45, 7) is 1.92. The fourth-order valence-corrected chi connectivity index (χ4v) is 3.36. The third-order valence-corrected chi connectivity index (χ3v) is 5.15. The van der Waals surface area contributed by atoms with Crippen molar-refractivity contribution in [3.63, 3.8) is 0 Å². The zero-order valence-electron chi connectivity index (χ0n) is 18.2. The smallest absolute Gasteiger partial charge is 0.251 e. The summed E-state index contributed by atoms with van der Waals surface area (Å²) >= 11 is 0. The molecule has 0 aliphatic carbocycles. The third-order valence-electron chi connectivity index (χ3n) is 5.15. The average molecular weight is 442 g/mol. The zero-order chi connectivity index (χ0) is 23.2. The number of aromatic nitrogens is 2. The largest absolute Gasteiger partial charge is 0.497 e. The number of carbonyl (C=O) groups excluding carboxylic acids is 1. The minimum absolute atomic E-state index is 0.190. The van der Waals surface area contributed by atoms with E-state index in [0.717, 1.165) is 16.9 Å². The predicted molar refractivity (Wildman–Crippen MR) is 126 cm³/mol. The number of benzene rings is 3. The molecule has 33 heavy (non-hydrogen) atoms. The van der Waals surface area contributed by atoms with Gasteiger partial charge in [0.1, 0.15) is 23.7 Å². The van der Waals surface area contributed by atoms with Crippen molar-refractivity contribution in [2.45, 2.75) is 13.0 Å². The van der Waals surface area contributed by atoms with E-state index in [0.29, 0.717) is 22.8 Å². The van der Waals surface area contributed by atoms with Crippen LogP contribution < -0.4 is 15.4 Å². The quantitative estimate of drug-likeness (QED) is 0.394. The van der Waals surface area contributed by atoms with Gasteiger partial charge in [0.15, 0.2) is 0 Å². The molecule has 0 unspecified atom stereocenters. The van der Waals surface area contributed by atoms with Crippen molar-refractivity contribution in [2.75, 3.05) is 12.4 Å². The Bertz CT molecular complexity index is 1260. The maximum Gasteiger partial charge on any atom is 0.251 e. The monoisotopic (exact) mass is 442 g/mol. The Hall–Kier alpha value is -4.26. The summed E-state index contributed by atoms with van der Waals surface area (Å²) in [5.74, 6) is 0.807. The van der Waals surface area contributed by atoms with Crippen LogP contribution in [0.15, 0.2) is 85.2 Å². The number of anilines is 2. The number of carbonyl (C=O) groups is 1. The van der Waals surface area contributed by atoms with Gasteiger partial charge in [-0.15, -0.1) is 0 Å². The van der Waals surface area contributed by atoms with Gasteiger partial charge in [-0.25, -0.2) is 14.4 Å². The van der Waals surface area contributed by atoms with Gasteiger partial charge in [-0.1, -0.05) is 18.2 Å². The van der Waals surface area contributed by atoms with Gasteiger partial charge in [0, 0.05) is 22.9 Å². The Kier molecular flexibility index (Phi) is 6.59. The summed E-state index contributed by atoms with van der Waals surface area (Å²) in [6.07, 6.45) is 1.44. The first-order valence-corrected chi connectivity index (χ1v) is 10.4. The second kappa shape index (κ2) is 9.91. The number of methoxy groups -OCH3 is 1. The number of halogens is 1. The van der Waals surface area contributed by atoms with Crippen LogP contribution in [-0.4, -0.2) is 23.0 Å². The molecule has 0 saturated carbocycles. The van der Waals surface area contributed by atoms with Crippen LogP contribution in [0.3, 0.4) is 0 Å². The highest BCUT2D eigenvalue weighted by Crippen LogP contribution is 2.23. The number of nitrogens with one attached hydrogen (secondary N) is 2. The first kappa shape index (κ1) is 22.0. The Labute approximate surface area is 191 Å². The van der Waals surface area contributed by atoms with Gasteiger partial charge in [0.25, 0.3) is 5.91 Å². The number of hydrogen-bond acceptors (Lipinski definition) is 5. The molecule has 0 radical (unpaired) electrons. The highest BCUT2D eigenvalue weighted by atomic mass is 19.1. The van der Waals surface area contributed by atoms with Crippen LogP contribution in [-0.2, 0) is 0 Å². The molecule has 1 atom stereocenters. The van der Waals surface area contributed by atoms with Crippen LogP contribution in [0.4, 0.5) is 15.9 Å². The average Bonchev–Trinajstić information content (AvgIpc) is 2.85. The Balaban J connectivity index is 1.47. The first-order chi connectivity index (χ1) is 16.0. The van der Waals surface area contributed by atoms with E-state index in [1.807, 2.05) is 37.3 Å². The van der Waals surface area contributed by atoms with E-state index in [-0.39, 0.29) is 17.8 Å². The van der Waals surface area contributed by atoms with Crippen molar-refractivity contribution in [3.8, 4) is 17.0 Å². The van der Waals surface area contributed by atoms with E-state index in [1.54, 1.807) is 43.5 Å². The number of hydrogen-bond donors (Lipinski definition) is 2. The standard InChI is InChI=1S/C26H23FN4O2/c1-17(19-5-4-8-23(14-19)33-2)30-26(32)20-6-3-7-22(13-20)31-25-15-24(28-16-29-25)18-9-11-21(27)12-10-18/h3-17H,1-2H3,(H,30,32)(H,28,29,31)/t17-/m1/s1. The van der Waals surface area contributed by atoms with Crippen LogP contribution in [0.2, 0.25) is 0 Å². The van der Waals surface area contributed by atoms with Crippen molar-refractivity contribution in [3.05, 3.63) is 102 Å². The summed E-state index contributed by atoms with van der Waals surface area (Å²) < 4.78 is 18.5.